The molecule has 21 heavy (non-hydrogen) atoms. The smallest absolute Gasteiger partial charge is 0.311 e. The summed E-state index contributed by atoms with van der Waals surface area (Å²) in [6.45, 7) is 15.0. The minimum atomic E-state index is -2.03. The molecule has 0 atom stereocenters. The highest BCUT2D eigenvalue weighted by atomic mass is 28.5. The zero-order chi connectivity index (χ0) is 15.2. The van der Waals surface area contributed by atoms with Crippen molar-refractivity contribution in [3.05, 3.63) is 0 Å². The van der Waals surface area contributed by atoms with Crippen LogP contribution in [0.25, 0.3) is 0 Å². The van der Waals surface area contributed by atoms with E-state index in [-0.39, 0.29) is 14.9 Å². The second kappa shape index (κ2) is 11.1. The molecule has 0 aromatic carbocycles. The molecule has 0 aliphatic heterocycles. The summed E-state index contributed by atoms with van der Waals surface area (Å²) in [5.41, 5.74) is 11.2. The van der Waals surface area contributed by atoms with E-state index in [9.17, 15) is 0 Å². The van der Waals surface area contributed by atoms with Crippen molar-refractivity contribution in [1.29, 1.82) is 0 Å². The average molecular weight is 355 g/mol. The highest BCUT2D eigenvalue weighted by molar-refractivity contribution is 6.87. The van der Waals surface area contributed by atoms with Gasteiger partial charge in [0.25, 0.3) is 0 Å². The predicted octanol–water partition coefficient (Wildman–Crippen LogP) is 4.10. The van der Waals surface area contributed by atoms with Crippen LogP contribution in [0.3, 0.4) is 0 Å². The van der Waals surface area contributed by atoms with E-state index in [0.717, 1.165) is 38.0 Å². The van der Waals surface area contributed by atoms with Crippen LogP contribution in [-0.4, -0.2) is 38.3 Å². The molecule has 0 amide bonds. The third-order valence-electron chi connectivity index (χ3n) is 3.01. The molecule has 0 saturated carbocycles. The zero-order valence-electron chi connectivity index (χ0n) is 13.7. The van der Waals surface area contributed by atoms with Crippen LogP contribution in [0.1, 0.15) is 27.7 Å². The predicted molar refractivity (Wildman–Crippen MR) is 105 cm³/mol. The molecular weight excluding hydrogens is 312 g/mol. The molecule has 4 N–H and O–H groups in total. The molecule has 0 spiro atoms. The Morgan fingerprint density at radius 1 is 0.667 bits per heavy atom. The van der Waals surface area contributed by atoms with Crippen LogP contribution >= 0.6 is 0 Å². The summed E-state index contributed by atoms with van der Waals surface area (Å²) in [7, 11) is -5.31. The van der Waals surface area contributed by atoms with E-state index in [1.807, 2.05) is 0 Å². The third kappa shape index (κ3) is 13.9. The first-order valence-electron chi connectivity index (χ1n) is 7.34. The van der Waals surface area contributed by atoms with Gasteiger partial charge in [0.15, 0.2) is 16.6 Å². The summed E-state index contributed by atoms with van der Waals surface area (Å²) < 4.78 is 12.9. The summed E-state index contributed by atoms with van der Waals surface area (Å²) in [4.78, 5) is 0. The lowest BCUT2D eigenvalue weighted by molar-refractivity contribution is 0.387. The van der Waals surface area contributed by atoms with Crippen LogP contribution in [0.4, 0.5) is 0 Å². The van der Waals surface area contributed by atoms with Gasteiger partial charge in [-0.3, -0.25) is 0 Å². The van der Waals surface area contributed by atoms with Crippen LogP contribution in [0.2, 0.25) is 51.4 Å². The fourth-order valence-corrected chi connectivity index (χ4v) is 16.6. The van der Waals surface area contributed by atoms with E-state index in [1.54, 1.807) is 0 Å². The van der Waals surface area contributed by atoms with Crippen LogP contribution < -0.4 is 11.5 Å². The third-order valence-corrected chi connectivity index (χ3v) is 14.5. The second-order valence-electron chi connectivity index (χ2n) is 6.91. The monoisotopic (exact) mass is 354 g/mol. The van der Waals surface area contributed by atoms with Gasteiger partial charge in [-0.05, 0) is 77.3 Å². The van der Waals surface area contributed by atoms with Crippen LogP contribution in [-0.2, 0) is 8.23 Å². The van der Waals surface area contributed by atoms with Crippen molar-refractivity contribution in [1.82, 2.24) is 0 Å². The summed E-state index contributed by atoms with van der Waals surface area (Å²) in [5, 5.41) is 0. The molecule has 0 radical (unpaired) electrons. The van der Waals surface area contributed by atoms with Gasteiger partial charge in [-0.25, -0.2) is 0 Å². The number of nitrogens with two attached hydrogens (primary N) is 2. The summed E-state index contributed by atoms with van der Waals surface area (Å²) in [6.07, 6.45) is 2.11. The van der Waals surface area contributed by atoms with Crippen molar-refractivity contribution in [3.8, 4) is 0 Å². The van der Waals surface area contributed by atoms with E-state index >= 15 is 0 Å². The van der Waals surface area contributed by atoms with E-state index in [0.29, 0.717) is 0 Å². The number of hydrogen-bond donors (Lipinski definition) is 2. The van der Waals surface area contributed by atoms with Gasteiger partial charge >= 0.3 is 8.56 Å². The molecule has 0 aromatic heterocycles. The van der Waals surface area contributed by atoms with Crippen LogP contribution in [0.5, 0.6) is 0 Å². The van der Waals surface area contributed by atoms with Crippen molar-refractivity contribution in [2.75, 3.05) is 13.1 Å². The molecule has 7 heteroatoms. The topological polar surface area (TPSA) is 70.5 Å². The van der Waals surface area contributed by atoms with Gasteiger partial charge < -0.3 is 19.7 Å². The van der Waals surface area contributed by atoms with Crippen molar-refractivity contribution >= 4 is 25.2 Å². The average Bonchev–Trinajstić information content (AvgIpc) is 2.20. The first-order valence-corrected chi connectivity index (χ1v) is 16.4. The molecule has 0 aliphatic rings. The first kappa shape index (κ1) is 26.4. The molecule has 0 bridgehead atoms. The number of hydrogen-bond acceptors (Lipinski definition) is 4. The molecule has 0 unspecified atom stereocenters. The van der Waals surface area contributed by atoms with Crippen molar-refractivity contribution in [2.45, 2.75) is 79.1 Å². The lowest BCUT2D eigenvalue weighted by Crippen LogP contribution is -2.52. The van der Waals surface area contributed by atoms with Gasteiger partial charge in [-0.2, -0.15) is 0 Å². The van der Waals surface area contributed by atoms with Crippen LogP contribution in [0, 0.1) is 0 Å². The minimum Gasteiger partial charge on any atom is -0.437 e. The molecular formula is C14H42N2O2Si3. The standard InChI is InChI=1S/C12H34N2O2Si3.2CH4/c1-17(2,11-7-9-13)15-19(5,6)16-18(3,4)12-8-10-14;;/h7-14H2,1-6H3;2*1H4. The Morgan fingerprint density at radius 3 is 1.19 bits per heavy atom. The Hall–Kier alpha value is 0.491. The zero-order valence-corrected chi connectivity index (χ0v) is 16.7. The Balaban J connectivity index is -0.00000162. The van der Waals surface area contributed by atoms with Gasteiger partial charge in [-0.15, -0.1) is 0 Å². The van der Waals surface area contributed by atoms with E-state index < -0.39 is 25.2 Å². The Labute approximate surface area is 137 Å². The highest BCUT2D eigenvalue weighted by Crippen LogP contribution is 2.25. The lowest BCUT2D eigenvalue weighted by atomic mass is 10.5. The fraction of sp³-hybridized carbons (Fsp3) is 1.00. The minimum absolute atomic E-state index is 0. The molecule has 4 nitrogen and oxygen atoms in total. The van der Waals surface area contributed by atoms with Crippen molar-refractivity contribution in [2.24, 2.45) is 11.5 Å². The Bertz CT molecular complexity index is 239. The molecule has 0 rings (SSSR count). The fourth-order valence-electron chi connectivity index (χ4n) is 2.51. The van der Waals surface area contributed by atoms with Gasteiger partial charge in [0, 0.05) is 0 Å². The maximum absolute atomic E-state index is 6.45. The number of rotatable bonds is 10. The van der Waals surface area contributed by atoms with Crippen molar-refractivity contribution < 1.29 is 8.23 Å². The maximum atomic E-state index is 6.45. The lowest BCUT2D eigenvalue weighted by Gasteiger charge is -2.38. The van der Waals surface area contributed by atoms with Gasteiger partial charge in [0.2, 0.25) is 0 Å². The second-order valence-corrected chi connectivity index (χ2v) is 19.4. The van der Waals surface area contributed by atoms with E-state index in [4.69, 9.17) is 19.7 Å². The molecule has 0 saturated heterocycles. The van der Waals surface area contributed by atoms with Crippen LogP contribution in [0.15, 0.2) is 0 Å². The summed E-state index contributed by atoms with van der Waals surface area (Å²) in [5.74, 6) is 0. The maximum Gasteiger partial charge on any atom is 0.311 e. The molecule has 132 valence electrons. The normalized spacial score (nSPS) is 12.6. The van der Waals surface area contributed by atoms with Gasteiger partial charge in [-0.1, -0.05) is 14.9 Å². The molecule has 0 heterocycles. The summed E-state index contributed by atoms with van der Waals surface area (Å²) >= 11 is 0. The molecule has 0 aromatic rings. The highest BCUT2D eigenvalue weighted by Gasteiger charge is 2.38. The molecule has 0 aliphatic carbocycles. The quantitative estimate of drug-likeness (QED) is 0.579. The summed E-state index contributed by atoms with van der Waals surface area (Å²) in [6, 6.07) is 2.24. The van der Waals surface area contributed by atoms with Gasteiger partial charge in [0.1, 0.15) is 0 Å². The first-order chi connectivity index (χ1) is 8.54. The largest absolute Gasteiger partial charge is 0.437 e. The SMILES string of the molecule is C.C.C[Si](C)(CCCN)O[Si](C)(C)O[Si](C)(C)CCCN. The Kier molecular flexibility index (Phi) is 13.9. The Morgan fingerprint density at radius 2 is 0.952 bits per heavy atom. The van der Waals surface area contributed by atoms with Crippen molar-refractivity contribution in [3.63, 3.8) is 0 Å². The van der Waals surface area contributed by atoms with E-state index in [2.05, 4.69) is 39.3 Å². The van der Waals surface area contributed by atoms with Gasteiger partial charge in [0.05, 0.1) is 0 Å². The van der Waals surface area contributed by atoms with E-state index in [1.165, 1.54) is 0 Å². The molecule has 0 fully saturated rings.